The molecule has 1 heterocycles. The molecule has 2 rings (SSSR count). The Morgan fingerprint density at radius 1 is 1.47 bits per heavy atom. The Morgan fingerprint density at radius 2 is 2.26 bits per heavy atom. The molecular formula is C15H22N2O2. The number of hydrogen-bond donors (Lipinski definition) is 1. The lowest BCUT2D eigenvalue weighted by Gasteiger charge is -2.35. The molecule has 1 unspecified atom stereocenters. The highest BCUT2D eigenvalue weighted by Gasteiger charge is 2.27. The Morgan fingerprint density at radius 3 is 2.95 bits per heavy atom. The lowest BCUT2D eigenvalue weighted by atomic mass is 9.98. The van der Waals surface area contributed by atoms with Gasteiger partial charge in [0.15, 0.2) is 0 Å². The van der Waals surface area contributed by atoms with Crippen molar-refractivity contribution in [2.45, 2.75) is 38.6 Å². The van der Waals surface area contributed by atoms with E-state index < -0.39 is 0 Å². The van der Waals surface area contributed by atoms with Crippen molar-refractivity contribution < 1.29 is 9.53 Å². The Labute approximate surface area is 114 Å². The summed E-state index contributed by atoms with van der Waals surface area (Å²) in [6, 6.07) is 5.71. The molecule has 2 N–H and O–H groups in total. The highest BCUT2D eigenvalue weighted by Crippen LogP contribution is 2.28. The number of rotatable bonds is 3. The average molecular weight is 262 g/mol. The van der Waals surface area contributed by atoms with Crippen molar-refractivity contribution in [2.24, 2.45) is 0 Å². The van der Waals surface area contributed by atoms with E-state index >= 15 is 0 Å². The zero-order valence-corrected chi connectivity index (χ0v) is 11.7. The van der Waals surface area contributed by atoms with Gasteiger partial charge in [0.05, 0.1) is 18.4 Å². The normalized spacial score (nSPS) is 19.3. The molecule has 104 valence electrons. The molecule has 0 aliphatic carbocycles. The summed E-state index contributed by atoms with van der Waals surface area (Å²) in [6.07, 6.45) is 4.36. The second kappa shape index (κ2) is 5.95. The number of amides is 1. The third-order valence-electron chi connectivity index (χ3n) is 3.88. The fourth-order valence-corrected chi connectivity index (χ4v) is 2.76. The average Bonchev–Trinajstić information content (AvgIpc) is 2.46. The highest BCUT2D eigenvalue weighted by molar-refractivity contribution is 6.00. The molecular weight excluding hydrogens is 240 g/mol. The molecule has 1 atom stereocenters. The first kappa shape index (κ1) is 13.7. The number of para-hydroxylation sites is 1. The van der Waals surface area contributed by atoms with Crippen molar-refractivity contribution in [3.63, 3.8) is 0 Å². The number of piperidine rings is 1. The summed E-state index contributed by atoms with van der Waals surface area (Å²) >= 11 is 0. The van der Waals surface area contributed by atoms with Crippen LogP contribution in [0.2, 0.25) is 0 Å². The first-order chi connectivity index (χ1) is 9.19. The Kier molecular flexibility index (Phi) is 4.30. The number of carbonyl (C=O) groups is 1. The number of likely N-dealkylation sites (tertiary alicyclic amines) is 1. The van der Waals surface area contributed by atoms with Crippen molar-refractivity contribution in [1.29, 1.82) is 0 Å². The molecule has 0 saturated carbocycles. The zero-order valence-electron chi connectivity index (χ0n) is 11.7. The van der Waals surface area contributed by atoms with Crippen molar-refractivity contribution in [2.75, 3.05) is 19.4 Å². The third-order valence-corrected chi connectivity index (χ3v) is 3.88. The van der Waals surface area contributed by atoms with Crippen molar-refractivity contribution in [3.8, 4) is 5.75 Å². The molecule has 4 heteroatoms. The van der Waals surface area contributed by atoms with Gasteiger partial charge in [0.25, 0.3) is 5.91 Å². The van der Waals surface area contributed by atoms with Crippen molar-refractivity contribution in [3.05, 3.63) is 23.8 Å². The SMILES string of the molecule is CCC1CCCCN1C(=O)c1cccc(OC)c1N. The van der Waals surface area contributed by atoms with Gasteiger partial charge in [0, 0.05) is 12.6 Å². The number of ether oxygens (including phenoxy) is 1. The smallest absolute Gasteiger partial charge is 0.256 e. The third kappa shape index (κ3) is 2.67. The molecule has 19 heavy (non-hydrogen) atoms. The van der Waals surface area contributed by atoms with E-state index in [1.165, 1.54) is 6.42 Å². The summed E-state index contributed by atoms with van der Waals surface area (Å²) in [7, 11) is 1.57. The van der Waals surface area contributed by atoms with E-state index in [0.29, 0.717) is 23.0 Å². The lowest BCUT2D eigenvalue weighted by Crippen LogP contribution is -2.43. The van der Waals surface area contributed by atoms with Crippen LogP contribution >= 0.6 is 0 Å². The van der Waals surface area contributed by atoms with E-state index in [1.807, 2.05) is 11.0 Å². The molecule has 0 aromatic heterocycles. The van der Waals surface area contributed by atoms with Crippen LogP contribution in [0, 0.1) is 0 Å². The van der Waals surface area contributed by atoms with Gasteiger partial charge in [-0.1, -0.05) is 13.0 Å². The monoisotopic (exact) mass is 262 g/mol. The predicted octanol–water partition coefficient (Wildman–Crippen LogP) is 2.68. The van der Waals surface area contributed by atoms with Crippen LogP contribution in [0.4, 0.5) is 5.69 Å². The van der Waals surface area contributed by atoms with E-state index in [1.54, 1.807) is 19.2 Å². The summed E-state index contributed by atoms with van der Waals surface area (Å²) in [5.41, 5.74) is 7.01. The molecule has 0 bridgehead atoms. The van der Waals surface area contributed by atoms with Gasteiger partial charge in [0.1, 0.15) is 5.75 Å². The number of nitrogens with zero attached hydrogens (tertiary/aromatic N) is 1. The zero-order chi connectivity index (χ0) is 13.8. The lowest BCUT2D eigenvalue weighted by molar-refractivity contribution is 0.0609. The molecule has 1 amide bonds. The molecule has 1 aromatic rings. The Hall–Kier alpha value is -1.71. The van der Waals surface area contributed by atoms with Crippen LogP contribution in [-0.4, -0.2) is 30.5 Å². The Bertz CT molecular complexity index is 459. The highest BCUT2D eigenvalue weighted by atomic mass is 16.5. The molecule has 0 radical (unpaired) electrons. The quantitative estimate of drug-likeness (QED) is 0.852. The van der Waals surface area contributed by atoms with Gasteiger partial charge in [-0.2, -0.15) is 0 Å². The van der Waals surface area contributed by atoms with Gasteiger partial charge in [-0.25, -0.2) is 0 Å². The van der Waals surface area contributed by atoms with Gasteiger partial charge in [-0.05, 0) is 37.8 Å². The largest absolute Gasteiger partial charge is 0.495 e. The van der Waals surface area contributed by atoms with Crippen LogP contribution in [0.1, 0.15) is 43.0 Å². The number of benzene rings is 1. The minimum Gasteiger partial charge on any atom is -0.495 e. The minimum atomic E-state index is 0.0305. The number of hydrogen-bond acceptors (Lipinski definition) is 3. The summed E-state index contributed by atoms with van der Waals surface area (Å²) in [5.74, 6) is 0.596. The second-order valence-corrected chi connectivity index (χ2v) is 4.98. The van der Waals surface area contributed by atoms with Gasteiger partial charge in [-0.3, -0.25) is 4.79 Å². The number of nitrogen functional groups attached to an aromatic ring is 1. The van der Waals surface area contributed by atoms with E-state index in [2.05, 4.69) is 6.92 Å². The van der Waals surface area contributed by atoms with E-state index in [-0.39, 0.29) is 5.91 Å². The first-order valence-electron chi connectivity index (χ1n) is 6.92. The second-order valence-electron chi connectivity index (χ2n) is 4.98. The molecule has 0 spiro atoms. The molecule has 1 aliphatic heterocycles. The molecule has 1 aliphatic rings. The maximum atomic E-state index is 12.6. The van der Waals surface area contributed by atoms with Crippen molar-refractivity contribution >= 4 is 11.6 Å². The summed E-state index contributed by atoms with van der Waals surface area (Å²) in [4.78, 5) is 14.6. The van der Waals surface area contributed by atoms with E-state index in [9.17, 15) is 4.79 Å². The first-order valence-corrected chi connectivity index (χ1v) is 6.92. The van der Waals surface area contributed by atoms with Crippen molar-refractivity contribution in [1.82, 2.24) is 4.90 Å². The van der Waals surface area contributed by atoms with E-state index in [0.717, 1.165) is 25.8 Å². The number of carbonyl (C=O) groups excluding carboxylic acids is 1. The van der Waals surface area contributed by atoms with Gasteiger partial charge in [0.2, 0.25) is 0 Å². The minimum absolute atomic E-state index is 0.0305. The van der Waals surface area contributed by atoms with Gasteiger partial charge in [-0.15, -0.1) is 0 Å². The summed E-state index contributed by atoms with van der Waals surface area (Å²) in [5, 5.41) is 0. The summed E-state index contributed by atoms with van der Waals surface area (Å²) < 4.78 is 5.18. The fourth-order valence-electron chi connectivity index (χ4n) is 2.76. The Balaban J connectivity index is 2.28. The van der Waals surface area contributed by atoms with Crippen LogP contribution in [0.5, 0.6) is 5.75 Å². The molecule has 1 aromatic carbocycles. The maximum absolute atomic E-state index is 12.6. The molecule has 4 nitrogen and oxygen atoms in total. The van der Waals surface area contributed by atoms with Gasteiger partial charge < -0.3 is 15.4 Å². The number of anilines is 1. The predicted molar refractivity (Wildman–Crippen MR) is 76.4 cm³/mol. The molecule has 1 fully saturated rings. The number of methoxy groups -OCH3 is 1. The summed E-state index contributed by atoms with van der Waals surface area (Å²) in [6.45, 7) is 2.96. The standard InChI is InChI=1S/C15H22N2O2/c1-3-11-7-4-5-10-17(11)15(18)12-8-6-9-13(19-2)14(12)16/h6,8-9,11H,3-5,7,10,16H2,1-2H3. The van der Waals surface area contributed by atoms with Crippen LogP contribution in [-0.2, 0) is 0 Å². The van der Waals surface area contributed by atoms with Crippen LogP contribution in [0.3, 0.4) is 0 Å². The maximum Gasteiger partial charge on any atom is 0.256 e. The van der Waals surface area contributed by atoms with Gasteiger partial charge >= 0.3 is 0 Å². The van der Waals surface area contributed by atoms with Crippen LogP contribution in [0.15, 0.2) is 18.2 Å². The fraction of sp³-hybridized carbons (Fsp3) is 0.533. The molecule has 1 saturated heterocycles. The van der Waals surface area contributed by atoms with Crippen LogP contribution in [0.25, 0.3) is 0 Å². The number of nitrogens with two attached hydrogens (primary N) is 1. The van der Waals surface area contributed by atoms with E-state index in [4.69, 9.17) is 10.5 Å². The topological polar surface area (TPSA) is 55.6 Å². The van der Waals surface area contributed by atoms with Crippen LogP contribution < -0.4 is 10.5 Å².